The van der Waals surface area contributed by atoms with Crippen molar-refractivity contribution in [3.05, 3.63) is 71.9 Å². The second-order valence-electron chi connectivity index (χ2n) is 5.38. The van der Waals surface area contributed by atoms with Crippen LogP contribution >= 0.6 is 0 Å². The van der Waals surface area contributed by atoms with E-state index in [2.05, 4.69) is 32.7 Å². The molecule has 5 nitrogen and oxygen atoms in total. The first kappa shape index (κ1) is 15.8. The highest BCUT2D eigenvalue weighted by molar-refractivity contribution is 5.63. The summed E-state index contributed by atoms with van der Waals surface area (Å²) in [5.41, 5.74) is 2.92. The minimum Gasteiger partial charge on any atom is -0.495 e. The summed E-state index contributed by atoms with van der Waals surface area (Å²) in [4.78, 5) is 8.97. The Balaban J connectivity index is 1.76. The predicted octanol–water partition coefficient (Wildman–Crippen LogP) is 4.15. The first-order valence-corrected chi connectivity index (χ1v) is 7.78. The molecule has 0 unspecified atom stereocenters. The lowest BCUT2D eigenvalue weighted by molar-refractivity contribution is 0.417. The van der Waals surface area contributed by atoms with E-state index in [-0.39, 0.29) is 0 Å². The molecule has 0 amide bonds. The molecule has 1 heterocycles. The molecular weight excluding hydrogens is 300 g/mol. The Hall–Kier alpha value is -3.08. The van der Waals surface area contributed by atoms with Crippen LogP contribution in [0.5, 0.6) is 5.75 Å². The number of ether oxygens (including phenoxy) is 1. The van der Waals surface area contributed by atoms with E-state index in [0.717, 1.165) is 22.9 Å². The van der Waals surface area contributed by atoms with Crippen LogP contribution in [0.4, 0.5) is 17.5 Å². The SMILES string of the molecule is COc1ccccc1Nc1nc(C)cc(NCc2ccccc2)n1. The van der Waals surface area contributed by atoms with Crippen LogP contribution in [0, 0.1) is 6.92 Å². The summed E-state index contributed by atoms with van der Waals surface area (Å²) in [6.07, 6.45) is 0. The molecule has 24 heavy (non-hydrogen) atoms. The molecule has 0 aliphatic rings. The first-order valence-electron chi connectivity index (χ1n) is 7.78. The number of para-hydroxylation sites is 2. The van der Waals surface area contributed by atoms with E-state index in [9.17, 15) is 0 Å². The molecule has 0 aliphatic heterocycles. The van der Waals surface area contributed by atoms with Crippen molar-refractivity contribution in [1.29, 1.82) is 0 Å². The van der Waals surface area contributed by atoms with Crippen molar-refractivity contribution in [3.8, 4) is 5.75 Å². The van der Waals surface area contributed by atoms with E-state index in [4.69, 9.17) is 4.74 Å². The second-order valence-corrected chi connectivity index (χ2v) is 5.38. The van der Waals surface area contributed by atoms with Crippen LogP contribution in [-0.4, -0.2) is 17.1 Å². The molecule has 0 fully saturated rings. The van der Waals surface area contributed by atoms with Gasteiger partial charge in [0.15, 0.2) is 0 Å². The largest absolute Gasteiger partial charge is 0.495 e. The van der Waals surface area contributed by atoms with Gasteiger partial charge in [-0.25, -0.2) is 4.98 Å². The fraction of sp³-hybridized carbons (Fsp3) is 0.158. The van der Waals surface area contributed by atoms with Gasteiger partial charge in [-0.15, -0.1) is 0 Å². The number of rotatable bonds is 6. The third-order valence-corrected chi connectivity index (χ3v) is 3.52. The van der Waals surface area contributed by atoms with Crippen molar-refractivity contribution < 1.29 is 4.74 Å². The number of nitrogens with zero attached hydrogens (tertiary/aromatic N) is 2. The molecule has 0 aliphatic carbocycles. The van der Waals surface area contributed by atoms with E-state index in [1.54, 1.807) is 7.11 Å². The first-order chi connectivity index (χ1) is 11.7. The van der Waals surface area contributed by atoms with Crippen molar-refractivity contribution >= 4 is 17.5 Å². The number of hydrogen-bond acceptors (Lipinski definition) is 5. The molecule has 2 aromatic carbocycles. The van der Waals surface area contributed by atoms with E-state index >= 15 is 0 Å². The van der Waals surface area contributed by atoms with Crippen molar-refractivity contribution in [2.24, 2.45) is 0 Å². The van der Waals surface area contributed by atoms with Gasteiger partial charge in [-0.3, -0.25) is 0 Å². The highest BCUT2D eigenvalue weighted by Crippen LogP contribution is 2.26. The highest BCUT2D eigenvalue weighted by atomic mass is 16.5. The van der Waals surface area contributed by atoms with E-state index in [1.807, 2.05) is 55.5 Å². The quantitative estimate of drug-likeness (QED) is 0.714. The lowest BCUT2D eigenvalue weighted by Gasteiger charge is -2.12. The fourth-order valence-electron chi connectivity index (χ4n) is 2.37. The van der Waals surface area contributed by atoms with Gasteiger partial charge in [0.25, 0.3) is 0 Å². The van der Waals surface area contributed by atoms with Gasteiger partial charge in [-0.2, -0.15) is 4.98 Å². The molecule has 0 bridgehead atoms. The fourth-order valence-corrected chi connectivity index (χ4v) is 2.37. The Kier molecular flexibility index (Phi) is 4.91. The molecule has 0 saturated carbocycles. The number of benzene rings is 2. The van der Waals surface area contributed by atoms with Crippen LogP contribution in [0.3, 0.4) is 0 Å². The molecule has 122 valence electrons. The summed E-state index contributed by atoms with van der Waals surface area (Å²) in [5, 5.41) is 6.55. The van der Waals surface area contributed by atoms with Crippen LogP contribution in [-0.2, 0) is 6.54 Å². The summed E-state index contributed by atoms with van der Waals surface area (Å²) in [7, 11) is 1.64. The second kappa shape index (κ2) is 7.46. The van der Waals surface area contributed by atoms with Gasteiger partial charge in [-0.1, -0.05) is 42.5 Å². The third-order valence-electron chi connectivity index (χ3n) is 3.52. The maximum atomic E-state index is 5.35. The minimum absolute atomic E-state index is 0.537. The van der Waals surface area contributed by atoms with Gasteiger partial charge < -0.3 is 15.4 Å². The third kappa shape index (κ3) is 4.01. The molecule has 0 saturated heterocycles. The van der Waals surface area contributed by atoms with Crippen LogP contribution in [0.15, 0.2) is 60.7 Å². The number of methoxy groups -OCH3 is 1. The monoisotopic (exact) mass is 320 g/mol. The summed E-state index contributed by atoms with van der Waals surface area (Å²) in [5.74, 6) is 2.07. The summed E-state index contributed by atoms with van der Waals surface area (Å²) in [6.45, 7) is 2.66. The number of hydrogen-bond donors (Lipinski definition) is 2. The van der Waals surface area contributed by atoms with Gasteiger partial charge >= 0.3 is 0 Å². The Morgan fingerprint density at radius 2 is 1.71 bits per heavy atom. The average Bonchev–Trinajstić information content (AvgIpc) is 2.61. The van der Waals surface area contributed by atoms with Crippen molar-refractivity contribution in [3.63, 3.8) is 0 Å². The van der Waals surface area contributed by atoms with Crippen LogP contribution in [0.2, 0.25) is 0 Å². The maximum absolute atomic E-state index is 5.35. The van der Waals surface area contributed by atoms with E-state index in [0.29, 0.717) is 12.5 Å². The van der Waals surface area contributed by atoms with Gasteiger partial charge in [0.1, 0.15) is 11.6 Å². The predicted molar refractivity (Wildman–Crippen MR) is 96.8 cm³/mol. The van der Waals surface area contributed by atoms with Gasteiger partial charge in [0.05, 0.1) is 12.8 Å². The van der Waals surface area contributed by atoms with Crippen LogP contribution in [0.25, 0.3) is 0 Å². The molecular formula is C19H20N4O. The molecule has 5 heteroatoms. The zero-order valence-corrected chi connectivity index (χ0v) is 13.8. The maximum Gasteiger partial charge on any atom is 0.229 e. The van der Waals surface area contributed by atoms with Crippen LogP contribution in [0.1, 0.15) is 11.3 Å². The normalized spacial score (nSPS) is 10.2. The average molecular weight is 320 g/mol. The topological polar surface area (TPSA) is 59.1 Å². The Morgan fingerprint density at radius 3 is 2.50 bits per heavy atom. The Morgan fingerprint density at radius 1 is 0.958 bits per heavy atom. The smallest absolute Gasteiger partial charge is 0.229 e. The van der Waals surface area contributed by atoms with Crippen molar-refractivity contribution in [1.82, 2.24) is 9.97 Å². The molecule has 1 aromatic heterocycles. The van der Waals surface area contributed by atoms with E-state index < -0.39 is 0 Å². The Bertz CT molecular complexity index is 805. The lowest BCUT2D eigenvalue weighted by atomic mass is 10.2. The zero-order chi connectivity index (χ0) is 16.8. The molecule has 2 N–H and O–H groups in total. The number of aromatic nitrogens is 2. The molecule has 3 rings (SSSR count). The molecule has 0 spiro atoms. The zero-order valence-electron chi connectivity index (χ0n) is 13.8. The van der Waals surface area contributed by atoms with Gasteiger partial charge in [0.2, 0.25) is 5.95 Å². The lowest BCUT2D eigenvalue weighted by Crippen LogP contribution is -2.06. The van der Waals surface area contributed by atoms with Crippen LogP contribution < -0.4 is 15.4 Å². The van der Waals surface area contributed by atoms with Crippen molar-refractivity contribution in [2.45, 2.75) is 13.5 Å². The van der Waals surface area contributed by atoms with E-state index in [1.165, 1.54) is 5.56 Å². The van der Waals surface area contributed by atoms with Gasteiger partial charge in [0, 0.05) is 18.3 Å². The number of anilines is 3. The van der Waals surface area contributed by atoms with Crippen molar-refractivity contribution in [2.75, 3.05) is 17.7 Å². The highest BCUT2D eigenvalue weighted by Gasteiger charge is 2.06. The summed E-state index contributed by atoms with van der Waals surface area (Å²) in [6, 6.07) is 19.8. The van der Waals surface area contributed by atoms with Gasteiger partial charge in [-0.05, 0) is 24.6 Å². The standard InChI is InChI=1S/C19H20N4O/c1-14-12-18(20-13-15-8-4-3-5-9-15)23-19(21-14)22-16-10-6-7-11-17(16)24-2/h3-12H,13H2,1-2H3,(H2,20,21,22,23). The molecule has 0 radical (unpaired) electrons. The molecule has 3 aromatic rings. The summed E-state index contributed by atoms with van der Waals surface area (Å²) >= 11 is 0. The summed E-state index contributed by atoms with van der Waals surface area (Å²) < 4.78 is 5.35. The Labute approximate surface area is 141 Å². The molecule has 0 atom stereocenters. The number of nitrogens with one attached hydrogen (secondary N) is 2. The minimum atomic E-state index is 0.537. The number of aryl methyl sites for hydroxylation is 1.